The van der Waals surface area contributed by atoms with E-state index in [-0.39, 0.29) is 5.92 Å². The number of hydrogen-bond acceptors (Lipinski definition) is 2. The SMILES string of the molecule is C1=CC2c3cccc4cccc(c34)C2C=C1N(c1ccc(-c2ccc(-n3c4ccccc4c4ccc5ccccc5c43)cc2-c2ccccc2)cc1)c1ccc2c(c1)sc1ccccc12. The monoisotopic (exact) mass is 844 g/mol. The van der Waals surface area contributed by atoms with Gasteiger partial charge < -0.3 is 9.47 Å². The van der Waals surface area contributed by atoms with Crippen molar-refractivity contribution >= 4 is 86.2 Å². The first kappa shape index (κ1) is 36.5. The molecule has 0 saturated heterocycles. The smallest absolute Gasteiger partial charge is 0.0619 e. The zero-order valence-corrected chi connectivity index (χ0v) is 36.2. The molecule has 0 bridgehead atoms. The Hall–Kier alpha value is -7.98. The van der Waals surface area contributed by atoms with Gasteiger partial charge in [-0.05, 0) is 104 Å². The predicted octanol–water partition coefficient (Wildman–Crippen LogP) is 17.3. The van der Waals surface area contributed by atoms with Gasteiger partial charge in [-0.3, -0.25) is 0 Å². The first-order valence-corrected chi connectivity index (χ1v) is 23.4. The molecule has 2 unspecified atom stereocenters. The van der Waals surface area contributed by atoms with Gasteiger partial charge in [0, 0.05) is 70.9 Å². The molecule has 0 spiro atoms. The third-order valence-corrected chi connectivity index (χ3v) is 15.3. The second-order valence-corrected chi connectivity index (χ2v) is 18.7. The molecule has 0 fully saturated rings. The highest BCUT2D eigenvalue weighted by Gasteiger charge is 2.34. The standard InChI is InChI=1S/C62H40N2S/c1-2-12-39(13-3-1)56-36-45(64-58-22-8-6-18-50(58)55-32-26-40-14-4-5-17-48(40)62(55)64)29-33-47(56)41-24-27-43(28-25-41)63(46-31-35-52-51-19-7-9-23-59(51)65-60(52)38-46)44-30-34-49-53-20-10-15-42-16-11-21-54(61(42)53)57(49)37-44/h1-38,49,57H. The summed E-state index contributed by atoms with van der Waals surface area (Å²) < 4.78 is 5.08. The fourth-order valence-corrected chi connectivity index (χ4v) is 12.4. The Balaban J connectivity index is 0.918. The molecule has 0 saturated carbocycles. The lowest BCUT2D eigenvalue weighted by atomic mass is 9.85. The van der Waals surface area contributed by atoms with E-state index >= 15 is 0 Å². The molecule has 0 N–H and O–H groups in total. The van der Waals surface area contributed by atoms with Gasteiger partial charge in [0.1, 0.15) is 0 Å². The molecule has 0 amide bonds. The molecule has 0 aliphatic heterocycles. The van der Waals surface area contributed by atoms with Crippen LogP contribution in [0.25, 0.3) is 91.5 Å². The molecule has 65 heavy (non-hydrogen) atoms. The number of fused-ring (bicyclic) bond motifs is 11. The van der Waals surface area contributed by atoms with Crippen LogP contribution in [-0.4, -0.2) is 4.57 Å². The summed E-state index contributed by atoms with van der Waals surface area (Å²) in [6.07, 6.45) is 7.33. The normalized spacial score (nSPS) is 15.4. The van der Waals surface area contributed by atoms with Crippen molar-refractivity contribution in [1.29, 1.82) is 0 Å². The van der Waals surface area contributed by atoms with Crippen LogP contribution in [0.3, 0.4) is 0 Å². The minimum Gasteiger partial charge on any atom is -0.311 e. The van der Waals surface area contributed by atoms with Crippen molar-refractivity contribution in [3.05, 3.63) is 247 Å². The van der Waals surface area contributed by atoms with E-state index in [1.807, 2.05) is 11.3 Å². The maximum absolute atomic E-state index is 2.52. The zero-order chi connectivity index (χ0) is 42.6. The molecule has 304 valence electrons. The molecular weight excluding hydrogens is 805 g/mol. The number of anilines is 2. The number of para-hydroxylation sites is 1. The lowest BCUT2D eigenvalue weighted by Gasteiger charge is -2.31. The summed E-state index contributed by atoms with van der Waals surface area (Å²) in [6.45, 7) is 0. The average molecular weight is 845 g/mol. The highest BCUT2D eigenvalue weighted by Crippen LogP contribution is 2.52. The van der Waals surface area contributed by atoms with Gasteiger partial charge in [-0.15, -0.1) is 11.3 Å². The van der Waals surface area contributed by atoms with Crippen molar-refractivity contribution in [3.8, 4) is 27.9 Å². The Morgan fingerprint density at radius 2 is 1.11 bits per heavy atom. The van der Waals surface area contributed by atoms with Gasteiger partial charge in [0.05, 0.1) is 11.0 Å². The number of allylic oxidation sites excluding steroid dienone is 3. The van der Waals surface area contributed by atoms with Crippen molar-refractivity contribution in [2.75, 3.05) is 4.90 Å². The van der Waals surface area contributed by atoms with Gasteiger partial charge in [0.15, 0.2) is 0 Å². The first-order chi connectivity index (χ1) is 32.2. The second-order valence-electron chi connectivity index (χ2n) is 17.6. The number of aromatic nitrogens is 1. The minimum absolute atomic E-state index is 0.269. The summed E-state index contributed by atoms with van der Waals surface area (Å²) in [5.74, 6) is 0.597. The summed E-state index contributed by atoms with van der Waals surface area (Å²) in [5, 5.41) is 10.4. The third-order valence-electron chi connectivity index (χ3n) is 14.1. The summed E-state index contributed by atoms with van der Waals surface area (Å²) in [6, 6.07) is 78.7. The van der Waals surface area contributed by atoms with Gasteiger partial charge in [-0.1, -0.05) is 176 Å². The largest absolute Gasteiger partial charge is 0.311 e. The Kier molecular flexibility index (Phi) is 8.01. The summed E-state index contributed by atoms with van der Waals surface area (Å²) in [7, 11) is 0. The highest BCUT2D eigenvalue weighted by atomic mass is 32.1. The van der Waals surface area contributed by atoms with Crippen molar-refractivity contribution in [3.63, 3.8) is 0 Å². The molecule has 2 aliphatic carbocycles. The summed E-state index contributed by atoms with van der Waals surface area (Å²) >= 11 is 1.87. The topological polar surface area (TPSA) is 8.17 Å². The number of hydrogen-bond donors (Lipinski definition) is 0. The maximum Gasteiger partial charge on any atom is 0.0619 e. The molecule has 14 rings (SSSR count). The molecule has 12 aromatic rings. The Labute approximate surface area is 380 Å². The molecular formula is C62H40N2S. The predicted molar refractivity (Wildman–Crippen MR) is 277 cm³/mol. The van der Waals surface area contributed by atoms with E-state index in [1.165, 1.54) is 103 Å². The van der Waals surface area contributed by atoms with E-state index in [9.17, 15) is 0 Å². The van der Waals surface area contributed by atoms with E-state index in [0.717, 1.165) is 17.1 Å². The van der Waals surface area contributed by atoms with Crippen LogP contribution in [-0.2, 0) is 0 Å². The van der Waals surface area contributed by atoms with Gasteiger partial charge in [-0.25, -0.2) is 0 Å². The van der Waals surface area contributed by atoms with Gasteiger partial charge in [0.25, 0.3) is 0 Å². The van der Waals surface area contributed by atoms with Crippen LogP contribution in [0.4, 0.5) is 11.4 Å². The second kappa shape index (κ2) is 14.3. The molecule has 3 heteroatoms. The van der Waals surface area contributed by atoms with E-state index in [0.29, 0.717) is 5.92 Å². The molecule has 2 heterocycles. The van der Waals surface area contributed by atoms with Crippen molar-refractivity contribution in [1.82, 2.24) is 4.57 Å². The fraction of sp³-hybridized carbons (Fsp3) is 0.0323. The van der Waals surface area contributed by atoms with Crippen LogP contribution in [0, 0.1) is 0 Å². The zero-order valence-electron chi connectivity index (χ0n) is 35.4. The van der Waals surface area contributed by atoms with Gasteiger partial charge in [0.2, 0.25) is 0 Å². The lowest BCUT2D eigenvalue weighted by molar-refractivity contribution is 0.758. The maximum atomic E-state index is 2.52. The molecule has 2 nitrogen and oxygen atoms in total. The molecule has 2 atom stereocenters. The number of nitrogens with zero attached hydrogens (tertiary/aromatic N) is 2. The summed E-state index contributed by atoms with van der Waals surface area (Å²) in [4.78, 5) is 2.47. The van der Waals surface area contributed by atoms with Crippen molar-refractivity contribution < 1.29 is 0 Å². The van der Waals surface area contributed by atoms with E-state index in [4.69, 9.17) is 0 Å². The molecule has 2 aliphatic rings. The van der Waals surface area contributed by atoms with Gasteiger partial charge >= 0.3 is 0 Å². The third kappa shape index (κ3) is 5.59. The van der Waals surface area contributed by atoms with Crippen molar-refractivity contribution in [2.45, 2.75) is 11.8 Å². The van der Waals surface area contributed by atoms with E-state index in [1.54, 1.807) is 0 Å². The number of rotatable bonds is 6. The minimum atomic E-state index is 0.269. The highest BCUT2D eigenvalue weighted by molar-refractivity contribution is 7.25. The molecule has 2 aromatic heterocycles. The Bertz CT molecular complexity index is 3960. The van der Waals surface area contributed by atoms with Crippen LogP contribution in [0.15, 0.2) is 236 Å². The van der Waals surface area contributed by atoms with Gasteiger partial charge in [-0.2, -0.15) is 0 Å². The van der Waals surface area contributed by atoms with E-state index in [2.05, 4.69) is 240 Å². The van der Waals surface area contributed by atoms with Crippen LogP contribution >= 0.6 is 11.3 Å². The van der Waals surface area contributed by atoms with Crippen LogP contribution in [0.5, 0.6) is 0 Å². The van der Waals surface area contributed by atoms with Crippen LogP contribution in [0.2, 0.25) is 0 Å². The quantitative estimate of drug-likeness (QED) is 0.162. The number of thiophene rings is 1. The van der Waals surface area contributed by atoms with E-state index < -0.39 is 0 Å². The fourth-order valence-electron chi connectivity index (χ4n) is 11.2. The lowest BCUT2D eigenvalue weighted by Crippen LogP contribution is -2.19. The van der Waals surface area contributed by atoms with Crippen LogP contribution in [0.1, 0.15) is 23.0 Å². The van der Waals surface area contributed by atoms with Crippen LogP contribution < -0.4 is 4.90 Å². The Morgan fingerprint density at radius 3 is 1.97 bits per heavy atom. The first-order valence-electron chi connectivity index (χ1n) is 22.6. The summed E-state index contributed by atoms with van der Waals surface area (Å²) in [5.41, 5.74) is 14.7. The number of benzene rings is 10. The molecule has 0 radical (unpaired) electrons. The average Bonchev–Trinajstić information content (AvgIpc) is 4.03. The van der Waals surface area contributed by atoms with Crippen molar-refractivity contribution in [2.24, 2.45) is 0 Å². The Morgan fingerprint density at radius 1 is 0.431 bits per heavy atom. The molecule has 10 aromatic carbocycles.